The third-order valence-electron chi connectivity index (χ3n) is 1.77. The molecule has 0 aromatic heterocycles. The summed E-state index contributed by atoms with van der Waals surface area (Å²) in [5.41, 5.74) is 0.975. The molecule has 6 nitrogen and oxygen atoms in total. The van der Waals surface area contributed by atoms with Gasteiger partial charge in [-0.3, -0.25) is 13.9 Å². The molecule has 1 aromatic carbocycles. The smallest absolute Gasteiger partial charge is 0.394 e. The van der Waals surface area contributed by atoms with Crippen molar-refractivity contribution in [3.05, 3.63) is 35.6 Å². The van der Waals surface area contributed by atoms with E-state index >= 15 is 0 Å². The van der Waals surface area contributed by atoms with E-state index in [-0.39, 0.29) is 12.2 Å². The van der Waals surface area contributed by atoms with Crippen LogP contribution < -0.4 is 0 Å². The van der Waals surface area contributed by atoms with Gasteiger partial charge in [0.15, 0.2) is 0 Å². The molecule has 0 amide bonds. The van der Waals surface area contributed by atoms with Gasteiger partial charge in [-0.1, -0.05) is 12.1 Å². The standard InChI is InChI=1S/C10H11FO2.H2O4S/c11-9-6-4-8(5-7-9)2-1-3-10(12)13;1-5(2,3)4/h4-7H,1-3H2,(H,12,13);(H2,1,2,3,4). The minimum atomic E-state index is -4.67. The topological polar surface area (TPSA) is 112 Å². The largest absolute Gasteiger partial charge is 0.481 e. The molecule has 0 aliphatic carbocycles. The van der Waals surface area contributed by atoms with E-state index in [4.69, 9.17) is 22.6 Å². The molecule has 3 N–H and O–H groups in total. The maximum absolute atomic E-state index is 12.4. The Morgan fingerprint density at radius 2 is 1.61 bits per heavy atom. The van der Waals surface area contributed by atoms with Crippen molar-refractivity contribution in [3.63, 3.8) is 0 Å². The molecule has 0 radical (unpaired) electrons. The van der Waals surface area contributed by atoms with Crippen LogP contribution in [0.3, 0.4) is 0 Å². The summed E-state index contributed by atoms with van der Waals surface area (Å²) < 4.78 is 44.0. The molecule has 0 aliphatic heterocycles. The Morgan fingerprint density at radius 3 is 2.00 bits per heavy atom. The molecular formula is C10H13FO6S. The number of hydrogen-bond donors (Lipinski definition) is 3. The average molecular weight is 280 g/mol. The number of rotatable bonds is 4. The number of hydrogen-bond acceptors (Lipinski definition) is 3. The Labute approximate surface area is 104 Å². The number of carboxylic acid groups (broad SMARTS) is 1. The fourth-order valence-electron chi connectivity index (χ4n) is 1.09. The van der Waals surface area contributed by atoms with Crippen LogP contribution in [0.5, 0.6) is 0 Å². The molecule has 0 spiro atoms. The van der Waals surface area contributed by atoms with Gasteiger partial charge in [-0.25, -0.2) is 4.39 Å². The molecule has 0 aliphatic rings. The van der Waals surface area contributed by atoms with Crippen LogP contribution in [0, 0.1) is 5.82 Å². The molecule has 0 unspecified atom stereocenters. The number of benzene rings is 1. The molecule has 18 heavy (non-hydrogen) atoms. The van der Waals surface area contributed by atoms with Crippen LogP contribution in [0.25, 0.3) is 0 Å². The predicted octanol–water partition coefficient (Wildman–Crippen LogP) is 1.58. The Balaban J connectivity index is 0.000000494. The first kappa shape index (κ1) is 16.5. The monoisotopic (exact) mass is 280 g/mol. The van der Waals surface area contributed by atoms with Crippen LogP contribution in [0.2, 0.25) is 0 Å². The second-order valence-corrected chi connectivity index (χ2v) is 4.22. The summed E-state index contributed by atoms with van der Waals surface area (Å²) in [6.45, 7) is 0. The second-order valence-electron chi connectivity index (χ2n) is 3.32. The molecule has 1 rings (SSSR count). The minimum Gasteiger partial charge on any atom is -0.481 e. The Hall–Kier alpha value is -1.51. The molecular weight excluding hydrogens is 267 g/mol. The van der Waals surface area contributed by atoms with Crippen LogP contribution in [-0.2, 0) is 21.6 Å². The highest BCUT2D eigenvalue weighted by Crippen LogP contribution is 2.06. The quantitative estimate of drug-likeness (QED) is 0.722. The van der Waals surface area contributed by atoms with Crippen LogP contribution in [-0.4, -0.2) is 28.6 Å². The van der Waals surface area contributed by atoms with Gasteiger partial charge in [-0.2, -0.15) is 8.42 Å². The molecule has 0 heterocycles. The van der Waals surface area contributed by atoms with Crippen molar-refractivity contribution < 1.29 is 31.8 Å². The summed E-state index contributed by atoms with van der Waals surface area (Å²) in [4.78, 5) is 10.2. The van der Waals surface area contributed by atoms with Crippen molar-refractivity contribution >= 4 is 16.4 Å². The van der Waals surface area contributed by atoms with Gasteiger partial charge in [-0.15, -0.1) is 0 Å². The van der Waals surface area contributed by atoms with E-state index in [2.05, 4.69) is 0 Å². The van der Waals surface area contributed by atoms with Crippen molar-refractivity contribution in [2.75, 3.05) is 0 Å². The van der Waals surface area contributed by atoms with Crippen molar-refractivity contribution in [2.45, 2.75) is 19.3 Å². The summed E-state index contributed by atoms with van der Waals surface area (Å²) in [6, 6.07) is 6.13. The summed E-state index contributed by atoms with van der Waals surface area (Å²) in [7, 11) is -4.67. The van der Waals surface area contributed by atoms with E-state index in [1.54, 1.807) is 12.1 Å². The number of carboxylic acids is 1. The molecule has 1 aromatic rings. The number of halogens is 1. The Kier molecular flexibility index (Phi) is 7.10. The lowest BCUT2D eigenvalue weighted by Gasteiger charge is -1.98. The Morgan fingerprint density at radius 1 is 1.17 bits per heavy atom. The third kappa shape index (κ3) is 12.6. The normalized spacial score (nSPS) is 10.4. The lowest BCUT2D eigenvalue weighted by Crippen LogP contribution is -1.95. The zero-order chi connectivity index (χ0) is 14.2. The lowest BCUT2D eigenvalue weighted by atomic mass is 10.1. The summed E-state index contributed by atoms with van der Waals surface area (Å²) in [5.74, 6) is -1.05. The van der Waals surface area contributed by atoms with Crippen molar-refractivity contribution in [2.24, 2.45) is 0 Å². The van der Waals surface area contributed by atoms with Crippen molar-refractivity contribution in [3.8, 4) is 0 Å². The van der Waals surface area contributed by atoms with Gasteiger partial charge in [0.25, 0.3) is 0 Å². The fourth-order valence-corrected chi connectivity index (χ4v) is 1.09. The molecule has 102 valence electrons. The molecule has 0 atom stereocenters. The summed E-state index contributed by atoms with van der Waals surface area (Å²) >= 11 is 0. The van der Waals surface area contributed by atoms with E-state index in [9.17, 15) is 9.18 Å². The van der Waals surface area contributed by atoms with Gasteiger partial charge in [0.2, 0.25) is 0 Å². The van der Waals surface area contributed by atoms with E-state index in [1.807, 2.05) is 0 Å². The summed E-state index contributed by atoms with van der Waals surface area (Å²) in [5, 5.41) is 8.38. The second kappa shape index (κ2) is 7.75. The molecule has 8 heteroatoms. The van der Waals surface area contributed by atoms with E-state index in [0.717, 1.165) is 5.56 Å². The number of aryl methyl sites for hydroxylation is 1. The Bertz CT molecular complexity index is 460. The van der Waals surface area contributed by atoms with Crippen molar-refractivity contribution in [1.82, 2.24) is 0 Å². The van der Waals surface area contributed by atoms with Gasteiger partial charge in [0.1, 0.15) is 5.82 Å². The average Bonchev–Trinajstić information content (AvgIpc) is 2.18. The lowest BCUT2D eigenvalue weighted by molar-refractivity contribution is -0.137. The molecule has 0 fully saturated rings. The molecule has 0 saturated carbocycles. The van der Waals surface area contributed by atoms with Gasteiger partial charge >= 0.3 is 16.4 Å². The van der Waals surface area contributed by atoms with Crippen molar-refractivity contribution in [1.29, 1.82) is 0 Å². The number of carbonyl (C=O) groups is 1. The van der Waals surface area contributed by atoms with E-state index < -0.39 is 16.4 Å². The highest BCUT2D eigenvalue weighted by atomic mass is 32.3. The maximum Gasteiger partial charge on any atom is 0.394 e. The van der Waals surface area contributed by atoms with Crippen LogP contribution >= 0.6 is 0 Å². The highest BCUT2D eigenvalue weighted by molar-refractivity contribution is 7.79. The zero-order valence-electron chi connectivity index (χ0n) is 9.28. The maximum atomic E-state index is 12.4. The first-order chi connectivity index (χ1) is 8.18. The van der Waals surface area contributed by atoms with E-state index in [0.29, 0.717) is 12.8 Å². The van der Waals surface area contributed by atoms with Crippen LogP contribution in [0.4, 0.5) is 4.39 Å². The summed E-state index contributed by atoms with van der Waals surface area (Å²) in [6.07, 6.45) is 1.45. The van der Waals surface area contributed by atoms with Gasteiger partial charge < -0.3 is 5.11 Å². The first-order valence-electron chi connectivity index (χ1n) is 4.84. The molecule has 0 bridgehead atoms. The van der Waals surface area contributed by atoms with Gasteiger partial charge in [-0.05, 0) is 30.5 Å². The van der Waals surface area contributed by atoms with Crippen LogP contribution in [0.1, 0.15) is 18.4 Å². The first-order valence-corrected chi connectivity index (χ1v) is 6.24. The minimum absolute atomic E-state index is 0.164. The predicted molar refractivity (Wildman–Crippen MR) is 61.2 cm³/mol. The SMILES string of the molecule is O=C(O)CCCc1ccc(F)cc1.O=S(=O)(O)O. The molecule has 0 saturated heterocycles. The zero-order valence-corrected chi connectivity index (χ0v) is 10.1. The fraction of sp³-hybridized carbons (Fsp3) is 0.300. The van der Waals surface area contributed by atoms with Gasteiger partial charge in [0, 0.05) is 6.42 Å². The van der Waals surface area contributed by atoms with Crippen LogP contribution in [0.15, 0.2) is 24.3 Å². The number of aliphatic carboxylic acids is 1. The van der Waals surface area contributed by atoms with E-state index in [1.165, 1.54) is 12.1 Å². The van der Waals surface area contributed by atoms with Gasteiger partial charge in [0.05, 0.1) is 0 Å². The highest BCUT2D eigenvalue weighted by Gasteiger charge is 1.98. The third-order valence-corrected chi connectivity index (χ3v) is 1.77.